The van der Waals surface area contributed by atoms with Crippen LogP contribution in [-0.4, -0.2) is 49.8 Å². The average Bonchev–Trinajstić information content (AvgIpc) is 3.24. The van der Waals surface area contributed by atoms with E-state index in [2.05, 4.69) is 20.7 Å². The van der Waals surface area contributed by atoms with Crippen LogP contribution < -0.4 is 16.4 Å². The number of rotatable bonds is 5. The number of para-hydroxylation sites is 1. The van der Waals surface area contributed by atoms with Crippen molar-refractivity contribution in [1.82, 2.24) is 14.6 Å². The summed E-state index contributed by atoms with van der Waals surface area (Å²) in [6.45, 7) is 0. The molecular weight excluding hydrogens is 491 g/mol. The highest BCUT2D eigenvalue weighted by molar-refractivity contribution is 6.04. The number of carboxylic acid groups (broad SMARTS) is 1. The van der Waals surface area contributed by atoms with Gasteiger partial charge in [0.25, 0.3) is 12.3 Å². The van der Waals surface area contributed by atoms with Gasteiger partial charge in [-0.2, -0.15) is 13.2 Å². The maximum atomic E-state index is 13.2. The summed E-state index contributed by atoms with van der Waals surface area (Å²) < 4.78 is 59.6. The van der Waals surface area contributed by atoms with E-state index in [0.29, 0.717) is 11.5 Å². The number of aliphatic carboxylic acids is 1. The molecule has 0 radical (unpaired) electrons. The standard InChI is InChI=1S/C20H22F2N6O.C2HF3O2/c21-18(22)13-5-1-3-7-15(13)25-19(29)17-10-9-12-11-24-20(27-28(12)17)26-16-8-4-2-6-14(16)23;3-2(4,5)1(6)7/h1,3,5,7,9-11,14,16,18H,2,4,6,8,23H2,(H,25,29)(H,26,27);(H,6,7)/t14-,16+;/m0./s1. The Kier molecular flexibility index (Phi) is 8.40. The van der Waals surface area contributed by atoms with Crippen molar-refractivity contribution >= 4 is 29.0 Å². The third-order valence-corrected chi connectivity index (χ3v) is 5.45. The zero-order chi connectivity index (χ0) is 26.5. The van der Waals surface area contributed by atoms with Gasteiger partial charge in [-0.25, -0.2) is 23.1 Å². The van der Waals surface area contributed by atoms with Gasteiger partial charge in [0, 0.05) is 23.3 Å². The molecule has 2 atom stereocenters. The molecule has 2 aromatic heterocycles. The van der Waals surface area contributed by atoms with Crippen LogP contribution in [0.2, 0.25) is 0 Å². The lowest BCUT2D eigenvalue weighted by molar-refractivity contribution is -0.192. The third kappa shape index (κ3) is 6.65. The summed E-state index contributed by atoms with van der Waals surface area (Å²) in [4.78, 5) is 25.9. The number of aromatic nitrogens is 3. The molecule has 0 aliphatic heterocycles. The zero-order valence-electron chi connectivity index (χ0n) is 18.7. The molecule has 4 rings (SSSR count). The van der Waals surface area contributed by atoms with Gasteiger partial charge in [0.2, 0.25) is 5.95 Å². The number of benzene rings is 1. The molecule has 2 heterocycles. The van der Waals surface area contributed by atoms with Gasteiger partial charge in [0.1, 0.15) is 5.69 Å². The first-order chi connectivity index (χ1) is 17.0. The Morgan fingerprint density at radius 2 is 1.78 bits per heavy atom. The van der Waals surface area contributed by atoms with E-state index in [1.54, 1.807) is 24.4 Å². The van der Waals surface area contributed by atoms with Crippen molar-refractivity contribution in [2.45, 2.75) is 50.4 Å². The van der Waals surface area contributed by atoms with Crippen LogP contribution in [0.5, 0.6) is 0 Å². The molecule has 1 amide bonds. The van der Waals surface area contributed by atoms with E-state index in [1.807, 2.05) is 0 Å². The first-order valence-corrected chi connectivity index (χ1v) is 10.8. The number of carbonyl (C=O) groups is 2. The molecule has 1 aliphatic carbocycles. The largest absolute Gasteiger partial charge is 0.490 e. The van der Waals surface area contributed by atoms with Gasteiger partial charge in [0.15, 0.2) is 0 Å². The van der Waals surface area contributed by atoms with Crippen molar-refractivity contribution in [3.05, 3.63) is 53.9 Å². The number of carbonyl (C=O) groups excluding carboxylic acids is 1. The highest BCUT2D eigenvalue weighted by Crippen LogP contribution is 2.27. The fourth-order valence-electron chi connectivity index (χ4n) is 3.63. The van der Waals surface area contributed by atoms with Gasteiger partial charge in [-0.3, -0.25) is 4.79 Å². The summed E-state index contributed by atoms with van der Waals surface area (Å²) in [7, 11) is 0. The molecule has 36 heavy (non-hydrogen) atoms. The lowest BCUT2D eigenvalue weighted by Gasteiger charge is -2.29. The lowest BCUT2D eigenvalue weighted by atomic mass is 9.91. The number of nitrogens with zero attached hydrogens (tertiary/aromatic N) is 3. The fraction of sp³-hybridized carbons (Fsp3) is 0.364. The van der Waals surface area contributed by atoms with Crippen LogP contribution in [-0.2, 0) is 4.79 Å². The minimum absolute atomic E-state index is 0.0290. The van der Waals surface area contributed by atoms with Gasteiger partial charge < -0.3 is 21.5 Å². The Labute approximate surface area is 201 Å². The molecule has 9 nitrogen and oxygen atoms in total. The van der Waals surface area contributed by atoms with E-state index >= 15 is 0 Å². The van der Waals surface area contributed by atoms with Crippen molar-refractivity contribution in [2.75, 3.05) is 10.6 Å². The molecule has 194 valence electrons. The Bertz CT molecular complexity index is 1220. The molecule has 0 saturated heterocycles. The van der Waals surface area contributed by atoms with E-state index < -0.39 is 24.5 Å². The highest BCUT2D eigenvalue weighted by Gasteiger charge is 2.38. The third-order valence-electron chi connectivity index (χ3n) is 5.45. The monoisotopic (exact) mass is 514 g/mol. The SMILES string of the molecule is N[C@H]1CCCC[C@H]1Nc1ncc2ccc(C(=O)Nc3ccccc3C(F)F)n2n1.O=C(O)C(F)(F)F. The predicted octanol–water partition coefficient (Wildman–Crippen LogP) is 4.23. The maximum absolute atomic E-state index is 13.2. The van der Waals surface area contributed by atoms with E-state index in [-0.39, 0.29) is 29.0 Å². The number of carboxylic acids is 1. The molecular formula is C22H23F5N6O3. The molecule has 3 aromatic rings. The second-order valence-electron chi connectivity index (χ2n) is 7.98. The van der Waals surface area contributed by atoms with Gasteiger partial charge in [0.05, 0.1) is 11.7 Å². The molecule has 0 spiro atoms. The van der Waals surface area contributed by atoms with E-state index in [9.17, 15) is 26.7 Å². The van der Waals surface area contributed by atoms with Gasteiger partial charge in [-0.05, 0) is 31.0 Å². The number of amides is 1. The van der Waals surface area contributed by atoms with Crippen LogP contribution >= 0.6 is 0 Å². The molecule has 14 heteroatoms. The summed E-state index contributed by atoms with van der Waals surface area (Å²) >= 11 is 0. The summed E-state index contributed by atoms with van der Waals surface area (Å²) in [5, 5.41) is 17.3. The van der Waals surface area contributed by atoms with Crippen LogP contribution in [0.4, 0.5) is 33.6 Å². The van der Waals surface area contributed by atoms with Crippen LogP contribution in [0.1, 0.15) is 48.2 Å². The van der Waals surface area contributed by atoms with Crippen LogP contribution in [0.3, 0.4) is 0 Å². The van der Waals surface area contributed by atoms with Crippen molar-refractivity contribution in [3.63, 3.8) is 0 Å². The van der Waals surface area contributed by atoms with Gasteiger partial charge in [-0.1, -0.05) is 31.0 Å². The van der Waals surface area contributed by atoms with E-state index in [4.69, 9.17) is 15.6 Å². The molecule has 0 bridgehead atoms. The fourth-order valence-corrected chi connectivity index (χ4v) is 3.63. The molecule has 1 aliphatic rings. The number of nitrogens with two attached hydrogens (primary N) is 1. The number of fused-ring (bicyclic) bond motifs is 1. The number of anilines is 2. The Morgan fingerprint density at radius 1 is 1.11 bits per heavy atom. The number of halogens is 5. The number of hydrogen-bond donors (Lipinski definition) is 4. The Hall–Kier alpha value is -3.81. The number of hydrogen-bond acceptors (Lipinski definition) is 6. The summed E-state index contributed by atoms with van der Waals surface area (Å²) in [5.74, 6) is -2.91. The topological polar surface area (TPSA) is 135 Å². The van der Waals surface area contributed by atoms with Crippen LogP contribution in [0.15, 0.2) is 42.6 Å². The zero-order valence-corrected chi connectivity index (χ0v) is 18.7. The van der Waals surface area contributed by atoms with Gasteiger partial charge in [-0.15, -0.1) is 5.10 Å². The minimum Gasteiger partial charge on any atom is -0.475 e. The van der Waals surface area contributed by atoms with Crippen molar-refractivity contribution < 1.29 is 36.6 Å². The number of alkyl halides is 5. The quantitative estimate of drug-likeness (QED) is 0.374. The normalized spacial score (nSPS) is 17.9. The Morgan fingerprint density at radius 3 is 2.42 bits per heavy atom. The second kappa shape index (κ2) is 11.3. The van der Waals surface area contributed by atoms with Crippen molar-refractivity contribution in [3.8, 4) is 0 Å². The van der Waals surface area contributed by atoms with Crippen molar-refractivity contribution in [2.24, 2.45) is 5.73 Å². The molecule has 1 aromatic carbocycles. The summed E-state index contributed by atoms with van der Waals surface area (Å²) in [6, 6.07) is 9.22. The molecule has 5 N–H and O–H groups in total. The number of nitrogens with one attached hydrogen (secondary N) is 2. The first-order valence-electron chi connectivity index (χ1n) is 10.8. The van der Waals surface area contributed by atoms with Crippen molar-refractivity contribution in [1.29, 1.82) is 0 Å². The highest BCUT2D eigenvalue weighted by atomic mass is 19.4. The smallest absolute Gasteiger partial charge is 0.475 e. The average molecular weight is 514 g/mol. The Balaban J connectivity index is 0.000000454. The van der Waals surface area contributed by atoms with Crippen LogP contribution in [0, 0.1) is 0 Å². The summed E-state index contributed by atoms with van der Waals surface area (Å²) in [6.07, 6.45) is -2.08. The molecule has 1 fully saturated rings. The van der Waals surface area contributed by atoms with Crippen LogP contribution in [0.25, 0.3) is 5.52 Å². The van der Waals surface area contributed by atoms with E-state index in [0.717, 1.165) is 25.7 Å². The first kappa shape index (κ1) is 26.8. The predicted molar refractivity (Wildman–Crippen MR) is 120 cm³/mol. The molecule has 0 unspecified atom stereocenters. The minimum atomic E-state index is -5.08. The second-order valence-corrected chi connectivity index (χ2v) is 7.98. The van der Waals surface area contributed by atoms with Gasteiger partial charge >= 0.3 is 12.1 Å². The maximum Gasteiger partial charge on any atom is 0.490 e. The lowest BCUT2D eigenvalue weighted by Crippen LogP contribution is -2.43. The van der Waals surface area contributed by atoms with E-state index in [1.165, 1.54) is 22.7 Å². The summed E-state index contributed by atoms with van der Waals surface area (Å²) in [5.41, 5.74) is 6.86. The molecule has 1 saturated carbocycles.